The second-order valence-corrected chi connectivity index (χ2v) is 13.9. The van der Waals surface area contributed by atoms with Gasteiger partial charge in [0.05, 0.1) is 16.8 Å². The highest BCUT2D eigenvalue weighted by Crippen LogP contribution is 2.35. The highest BCUT2D eigenvalue weighted by atomic mass is 32.1. The van der Waals surface area contributed by atoms with Crippen LogP contribution in [0.2, 0.25) is 0 Å². The van der Waals surface area contributed by atoms with Gasteiger partial charge in [-0.3, -0.25) is 15.5 Å². The summed E-state index contributed by atoms with van der Waals surface area (Å²) < 4.78 is 12.2. The lowest BCUT2D eigenvalue weighted by Crippen LogP contribution is -2.38. The third kappa shape index (κ3) is 7.79. The molecule has 0 spiro atoms. The van der Waals surface area contributed by atoms with Crippen LogP contribution in [0.3, 0.4) is 0 Å². The molecule has 11 heteroatoms. The van der Waals surface area contributed by atoms with E-state index in [1.54, 1.807) is 23.5 Å². The summed E-state index contributed by atoms with van der Waals surface area (Å²) in [5.74, 6) is 0.737. The first kappa shape index (κ1) is 30.5. The minimum absolute atomic E-state index is 0.166. The minimum Gasteiger partial charge on any atom is -0.494 e. The Morgan fingerprint density at radius 3 is 2.62 bits per heavy atom. The predicted molar refractivity (Wildman–Crippen MR) is 182 cm³/mol. The van der Waals surface area contributed by atoms with Crippen molar-refractivity contribution in [1.82, 2.24) is 9.97 Å². The topological polar surface area (TPSA) is 106 Å². The van der Waals surface area contributed by atoms with Crippen molar-refractivity contribution >= 4 is 61.5 Å². The molecule has 0 bridgehead atoms. The van der Waals surface area contributed by atoms with Gasteiger partial charge < -0.3 is 9.47 Å². The highest BCUT2D eigenvalue weighted by Gasteiger charge is 2.24. The van der Waals surface area contributed by atoms with E-state index in [-0.39, 0.29) is 6.03 Å². The average molecular weight is 642 g/mol. The van der Waals surface area contributed by atoms with Crippen molar-refractivity contribution in [1.29, 1.82) is 0 Å². The Bertz CT molecular complexity index is 1780. The first-order valence-corrected chi connectivity index (χ1v) is 16.6. The molecule has 0 unspecified atom stereocenters. The number of amides is 3. The van der Waals surface area contributed by atoms with Gasteiger partial charge in [-0.05, 0) is 94.5 Å². The summed E-state index contributed by atoms with van der Waals surface area (Å²) in [5.41, 5.74) is 4.06. The van der Waals surface area contributed by atoms with Crippen molar-refractivity contribution in [3.63, 3.8) is 0 Å². The van der Waals surface area contributed by atoms with Crippen LogP contribution in [0, 0.1) is 0 Å². The third-order valence-corrected chi connectivity index (χ3v) is 9.15. The molecule has 0 fully saturated rings. The molecule has 3 amide bonds. The number of para-hydroxylation sites is 1. The fourth-order valence-corrected chi connectivity index (χ4v) is 6.86. The molecule has 2 N–H and O–H groups in total. The third-order valence-electron chi connectivity index (χ3n) is 7.09. The molecule has 6 rings (SSSR count). The average Bonchev–Trinajstić information content (AvgIpc) is 3.65. The predicted octanol–water partition coefficient (Wildman–Crippen LogP) is 8.76. The number of benzene rings is 3. The number of fused-ring (bicyclic) bond motifs is 2. The van der Waals surface area contributed by atoms with E-state index in [0.29, 0.717) is 24.0 Å². The van der Waals surface area contributed by atoms with Gasteiger partial charge >= 0.3 is 12.1 Å². The molecule has 45 heavy (non-hydrogen) atoms. The molecule has 3 heterocycles. The number of hydrogen-bond acceptors (Lipinski definition) is 8. The number of anilines is 3. The Morgan fingerprint density at radius 2 is 1.82 bits per heavy atom. The number of urea groups is 1. The summed E-state index contributed by atoms with van der Waals surface area (Å²) in [5, 5.41) is 7.26. The zero-order valence-corrected chi connectivity index (χ0v) is 27.1. The maximum atomic E-state index is 13.3. The molecular weight excluding hydrogens is 607 g/mol. The highest BCUT2D eigenvalue weighted by molar-refractivity contribution is 7.22. The molecule has 9 nitrogen and oxygen atoms in total. The van der Waals surface area contributed by atoms with Crippen LogP contribution in [0.25, 0.3) is 20.8 Å². The maximum Gasteiger partial charge on any atom is 0.412 e. The molecule has 5 aromatic rings. The van der Waals surface area contributed by atoms with Crippen molar-refractivity contribution in [2.75, 3.05) is 28.7 Å². The Hall–Kier alpha value is -4.48. The molecule has 0 aliphatic carbocycles. The van der Waals surface area contributed by atoms with Crippen LogP contribution in [0.15, 0.2) is 72.9 Å². The van der Waals surface area contributed by atoms with E-state index in [1.807, 2.05) is 68.3 Å². The number of aryl methyl sites for hydroxylation is 2. The van der Waals surface area contributed by atoms with Crippen LogP contribution in [0.1, 0.15) is 44.1 Å². The molecule has 0 radical (unpaired) electrons. The lowest BCUT2D eigenvalue weighted by Gasteiger charge is -2.29. The molecular formula is C34H35N5O4S2. The van der Waals surface area contributed by atoms with Gasteiger partial charge in [0.2, 0.25) is 0 Å². The monoisotopic (exact) mass is 641 g/mol. The summed E-state index contributed by atoms with van der Waals surface area (Å²) in [6.07, 6.45) is 4.97. The quantitative estimate of drug-likeness (QED) is 0.164. The van der Waals surface area contributed by atoms with E-state index in [4.69, 9.17) is 14.5 Å². The number of carbonyl (C=O) groups excluding carboxylic acids is 2. The number of aromatic nitrogens is 2. The smallest absolute Gasteiger partial charge is 0.412 e. The van der Waals surface area contributed by atoms with Crippen LogP contribution in [-0.2, 0) is 17.6 Å². The summed E-state index contributed by atoms with van der Waals surface area (Å²) in [6.45, 7) is 6.69. The van der Waals surface area contributed by atoms with Gasteiger partial charge in [-0.25, -0.2) is 19.6 Å². The molecule has 232 valence electrons. The fraction of sp³-hybridized carbons (Fsp3) is 0.294. The van der Waals surface area contributed by atoms with Crippen LogP contribution >= 0.6 is 22.7 Å². The Balaban J connectivity index is 1.03. The van der Waals surface area contributed by atoms with Gasteiger partial charge in [0.25, 0.3) is 0 Å². The SMILES string of the molecule is CC(C)(C)OC(=O)Nc1ccc(OCCCc2cnc(-c3ccc4c(c3)N(C(=O)Nc3nc5ccccc5s3)CCC4)s2)cc1. The van der Waals surface area contributed by atoms with Crippen molar-refractivity contribution in [3.8, 4) is 16.3 Å². The van der Waals surface area contributed by atoms with E-state index >= 15 is 0 Å². The number of hydrogen-bond donors (Lipinski definition) is 2. The molecule has 0 saturated carbocycles. The number of thiazole rings is 2. The largest absolute Gasteiger partial charge is 0.494 e. The molecule has 0 atom stereocenters. The van der Waals surface area contributed by atoms with Crippen molar-refractivity contribution in [2.24, 2.45) is 0 Å². The number of rotatable bonds is 8. The Labute approximate surface area is 270 Å². The van der Waals surface area contributed by atoms with Gasteiger partial charge in [-0.2, -0.15) is 0 Å². The summed E-state index contributed by atoms with van der Waals surface area (Å²) in [7, 11) is 0. The normalized spacial score (nSPS) is 12.9. The first-order chi connectivity index (χ1) is 21.7. The summed E-state index contributed by atoms with van der Waals surface area (Å²) >= 11 is 3.14. The van der Waals surface area contributed by atoms with Crippen molar-refractivity contribution in [2.45, 2.75) is 52.1 Å². The van der Waals surface area contributed by atoms with Crippen molar-refractivity contribution in [3.05, 3.63) is 83.4 Å². The van der Waals surface area contributed by atoms with Gasteiger partial charge in [-0.15, -0.1) is 11.3 Å². The first-order valence-electron chi connectivity index (χ1n) is 15.0. The standard InChI is InChI=1S/C34H35N5O4S2/c1-34(2,3)43-33(41)36-24-14-16-25(17-15-24)42-19-7-9-26-21-35-30(44-26)23-13-12-22-8-6-18-39(28(22)20-23)32(40)38-31-37-27-10-4-5-11-29(27)45-31/h4-5,10-17,20-21H,6-9,18-19H2,1-3H3,(H,36,41)(H,37,38,40). The van der Waals surface area contributed by atoms with E-state index in [1.165, 1.54) is 16.2 Å². The summed E-state index contributed by atoms with van der Waals surface area (Å²) in [6, 6.07) is 21.3. The molecule has 1 aliphatic heterocycles. The lowest BCUT2D eigenvalue weighted by molar-refractivity contribution is 0.0636. The number of nitrogens with one attached hydrogen (secondary N) is 2. The number of ether oxygens (including phenoxy) is 2. The van der Waals surface area contributed by atoms with Crippen LogP contribution in [0.4, 0.5) is 26.1 Å². The van der Waals surface area contributed by atoms with Gasteiger partial charge in [0, 0.05) is 34.6 Å². The second kappa shape index (κ2) is 13.3. The number of nitrogens with zero attached hydrogens (tertiary/aromatic N) is 3. The second-order valence-electron chi connectivity index (χ2n) is 11.8. The van der Waals surface area contributed by atoms with Crippen molar-refractivity contribution < 1.29 is 19.1 Å². The van der Waals surface area contributed by atoms with Crippen LogP contribution in [-0.4, -0.2) is 40.8 Å². The molecule has 3 aromatic carbocycles. The van der Waals surface area contributed by atoms with Crippen LogP contribution < -0.4 is 20.3 Å². The maximum absolute atomic E-state index is 13.3. The molecule has 0 saturated heterocycles. The van der Waals surface area contributed by atoms with Gasteiger partial charge in [0.15, 0.2) is 5.13 Å². The van der Waals surface area contributed by atoms with E-state index < -0.39 is 11.7 Å². The van der Waals surface area contributed by atoms with Gasteiger partial charge in [-0.1, -0.05) is 35.6 Å². The molecule has 1 aliphatic rings. The Morgan fingerprint density at radius 1 is 1.00 bits per heavy atom. The van der Waals surface area contributed by atoms with E-state index in [9.17, 15) is 9.59 Å². The van der Waals surface area contributed by atoms with E-state index in [2.05, 4.69) is 33.8 Å². The number of carbonyl (C=O) groups is 2. The minimum atomic E-state index is -0.551. The fourth-order valence-electron chi connectivity index (χ4n) is 5.05. The summed E-state index contributed by atoms with van der Waals surface area (Å²) in [4.78, 5) is 37.6. The zero-order valence-electron chi connectivity index (χ0n) is 25.5. The van der Waals surface area contributed by atoms with Gasteiger partial charge in [0.1, 0.15) is 16.4 Å². The zero-order chi connectivity index (χ0) is 31.4. The Kier molecular flexibility index (Phi) is 8.99. The van der Waals surface area contributed by atoms with Crippen LogP contribution in [0.5, 0.6) is 5.75 Å². The van der Waals surface area contributed by atoms with E-state index in [0.717, 1.165) is 63.5 Å². The molecule has 2 aromatic heterocycles. The lowest BCUT2D eigenvalue weighted by atomic mass is 10.00.